The van der Waals surface area contributed by atoms with Gasteiger partial charge >= 0.3 is 0 Å². The molecule has 144 valence electrons. The average molecular weight is 437 g/mol. The number of benzene rings is 2. The van der Waals surface area contributed by atoms with Gasteiger partial charge in [0.1, 0.15) is 5.82 Å². The lowest BCUT2D eigenvalue weighted by atomic mass is 10.2. The maximum absolute atomic E-state index is 13.4. The molecule has 0 saturated carbocycles. The van der Waals surface area contributed by atoms with Gasteiger partial charge in [-0.3, -0.25) is 0 Å². The predicted octanol–water partition coefficient (Wildman–Crippen LogP) is 3.77. The van der Waals surface area contributed by atoms with Gasteiger partial charge in [0.15, 0.2) is 5.82 Å². The Hall–Kier alpha value is -2.33. The lowest BCUT2D eigenvalue weighted by Gasteiger charge is -2.06. The Bertz CT molecular complexity index is 1240. The number of nitrogens with zero attached hydrogens (tertiary/aromatic N) is 3. The number of hydrogen-bond donors (Lipinski definition) is 1. The van der Waals surface area contributed by atoms with Gasteiger partial charge < -0.3 is 0 Å². The zero-order valence-electron chi connectivity index (χ0n) is 14.3. The molecule has 10 heteroatoms. The standard InChI is InChI=1S/C18H14ClFN4O2S2/c19-13-4-6-16(7-5-13)28(25,26)21-9-8-15-11-27-18-22-17(23-24(15)18)12-2-1-3-14(20)10-12/h1-7,10-11,21H,8-9H2. The van der Waals surface area contributed by atoms with E-state index < -0.39 is 10.0 Å². The molecule has 0 amide bonds. The van der Waals surface area contributed by atoms with Gasteiger partial charge in [-0.15, -0.1) is 16.4 Å². The minimum Gasteiger partial charge on any atom is -0.211 e. The molecule has 6 nitrogen and oxygen atoms in total. The minimum atomic E-state index is -3.62. The van der Waals surface area contributed by atoms with Crippen LogP contribution in [0.5, 0.6) is 0 Å². The predicted molar refractivity (Wildman–Crippen MR) is 107 cm³/mol. The fraction of sp³-hybridized carbons (Fsp3) is 0.111. The SMILES string of the molecule is O=S(=O)(NCCc1csc2nc(-c3cccc(F)c3)nn12)c1ccc(Cl)cc1. The van der Waals surface area contributed by atoms with Crippen LogP contribution in [-0.4, -0.2) is 29.6 Å². The van der Waals surface area contributed by atoms with Crippen molar-refractivity contribution >= 4 is 37.9 Å². The Morgan fingerprint density at radius 3 is 2.71 bits per heavy atom. The Morgan fingerprint density at radius 1 is 1.18 bits per heavy atom. The molecular formula is C18H14ClFN4O2S2. The lowest BCUT2D eigenvalue weighted by Crippen LogP contribution is -2.26. The van der Waals surface area contributed by atoms with Crippen LogP contribution in [0.1, 0.15) is 5.69 Å². The van der Waals surface area contributed by atoms with Crippen LogP contribution in [0.2, 0.25) is 5.02 Å². The minimum absolute atomic E-state index is 0.154. The summed E-state index contributed by atoms with van der Waals surface area (Å²) in [6, 6.07) is 12.0. The quantitative estimate of drug-likeness (QED) is 0.499. The van der Waals surface area contributed by atoms with Gasteiger partial charge in [-0.2, -0.15) is 4.98 Å². The van der Waals surface area contributed by atoms with Crippen LogP contribution in [0, 0.1) is 5.82 Å². The summed E-state index contributed by atoms with van der Waals surface area (Å²) in [6.45, 7) is 0.200. The molecule has 0 aliphatic carbocycles. The van der Waals surface area contributed by atoms with Crippen LogP contribution in [-0.2, 0) is 16.4 Å². The molecule has 28 heavy (non-hydrogen) atoms. The highest BCUT2D eigenvalue weighted by Crippen LogP contribution is 2.22. The van der Waals surface area contributed by atoms with Crippen molar-refractivity contribution < 1.29 is 12.8 Å². The van der Waals surface area contributed by atoms with E-state index in [1.807, 2.05) is 5.38 Å². The third kappa shape index (κ3) is 3.93. The Kier molecular flexibility index (Phi) is 5.15. The van der Waals surface area contributed by atoms with Gasteiger partial charge in [-0.05, 0) is 36.4 Å². The first-order chi connectivity index (χ1) is 13.4. The molecule has 1 N–H and O–H groups in total. The third-order valence-electron chi connectivity index (χ3n) is 4.03. The molecule has 0 aliphatic heterocycles. The molecule has 4 rings (SSSR count). The monoisotopic (exact) mass is 436 g/mol. The van der Waals surface area contributed by atoms with Gasteiger partial charge in [0.25, 0.3) is 0 Å². The summed E-state index contributed by atoms with van der Waals surface area (Å²) in [4.78, 5) is 5.23. The van der Waals surface area contributed by atoms with Crippen molar-refractivity contribution in [1.29, 1.82) is 0 Å². The molecule has 0 unspecified atom stereocenters. The number of thiazole rings is 1. The average Bonchev–Trinajstić information content (AvgIpc) is 3.24. The first-order valence-corrected chi connectivity index (χ1v) is 11.0. The number of fused-ring (bicyclic) bond motifs is 1. The normalized spacial score (nSPS) is 11.9. The van der Waals surface area contributed by atoms with E-state index in [4.69, 9.17) is 11.6 Å². The van der Waals surface area contributed by atoms with Gasteiger partial charge in [0.2, 0.25) is 15.0 Å². The van der Waals surface area contributed by atoms with E-state index in [-0.39, 0.29) is 17.3 Å². The van der Waals surface area contributed by atoms with Gasteiger partial charge in [0, 0.05) is 28.9 Å². The van der Waals surface area contributed by atoms with E-state index in [1.165, 1.54) is 47.7 Å². The van der Waals surface area contributed by atoms with Crippen molar-refractivity contribution in [3.8, 4) is 11.4 Å². The van der Waals surface area contributed by atoms with Gasteiger partial charge in [-0.25, -0.2) is 22.0 Å². The van der Waals surface area contributed by atoms with Crippen molar-refractivity contribution in [3.63, 3.8) is 0 Å². The topological polar surface area (TPSA) is 76.4 Å². The molecule has 0 spiro atoms. The highest BCUT2D eigenvalue weighted by molar-refractivity contribution is 7.89. The Labute approximate surface area is 169 Å². The Balaban J connectivity index is 1.49. The molecule has 4 aromatic rings. The summed E-state index contributed by atoms with van der Waals surface area (Å²) < 4.78 is 42.3. The van der Waals surface area contributed by atoms with Crippen molar-refractivity contribution in [2.45, 2.75) is 11.3 Å². The van der Waals surface area contributed by atoms with Crippen LogP contribution >= 0.6 is 22.9 Å². The van der Waals surface area contributed by atoms with E-state index in [0.717, 1.165) is 5.69 Å². The number of halogens is 2. The smallest absolute Gasteiger partial charge is 0.211 e. The molecule has 2 aromatic carbocycles. The first-order valence-electron chi connectivity index (χ1n) is 8.27. The number of sulfonamides is 1. The van der Waals surface area contributed by atoms with Crippen molar-refractivity contribution in [3.05, 3.63) is 70.4 Å². The molecule has 0 bridgehead atoms. The second-order valence-corrected chi connectivity index (χ2v) is 9.01. The molecular weight excluding hydrogens is 423 g/mol. The zero-order chi connectivity index (χ0) is 19.7. The van der Waals surface area contributed by atoms with E-state index >= 15 is 0 Å². The van der Waals surface area contributed by atoms with E-state index in [1.54, 1.807) is 16.6 Å². The highest BCUT2D eigenvalue weighted by Gasteiger charge is 2.15. The number of rotatable bonds is 6. The summed E-state index contributed by atoms with van der Waals surface area (Å²) in [6.07, 6.45) is 0.429. The van der Waals surface area contributed by atoms with Crippen molar-refractivity contribution in [1.82, 2.24) is 19.3 Å². The van der Waals surface area contributed by atoms with E-state index in [0.29, 0.717) is 27.8 Å². The number of nitrogens with one attached hydrogen (secondary N) is 1. The van der Waals surface area contributed by atoms with Crippen LogP contribution in [0.25, 0.3) is 16.3 Å². The molecule has 0 atom stereocenters. The summed E-state index contributed by atoms with van der Waals surface area (Å²) in [5.74, 6) is 0.0711. The summed E-state index contributed by atoms with van der Waals surface area (Å²) >= 11 is 7.19. The second kappa shape index (κ2) is 7.59. The van der Waals surface area contributed by atoms with Crippen LogP contribution in [0.4, 0.5) is 4.39 Å². The fourth-order valence-corrected chi connectivity index (χ4v) is 4.67. The fourth-order valence-electron chi connectivity index (χ4n) is 2.66. The maximum Gasteiger partial charge on any atom is 0.240 e. The molecule has 0 fully saturated rings. The maximum atomic E-state index is 13.4. The largest absolute Gasteiger partial charge is 0.240 e. The van der Waals surface area contributed by atoms with Crippen molar-refractivity contribution in [2.75, 3.05) is 6.54 Å². The number of aromatic nitrogens is 3. The van der Waals surface area contributed by atoms with Crippen LogP contribution in [0.15, 0.2) is 58.8 Å². The highest BCUT2D eigenvalue weighted by atomic mass is 35.5. The first kappa shape index (κ1) is 19.0. The molecule has 0 saturated heterocycles. The van der Waals surface area contributed by atoms with Crippen LogP contribution < -0.4 is 4.72 Å². The lowest BCUT2D eigenvalue weighted by molar-refractivity contribution is 0.581. The summed E-state index contributed by atoms with van der Waals surface area (Å²) in [7, 11) is -3.62. The Morgan fingerprint density at radius 2 is 1.96 bits per heavy atom. The van der Waals surface area contributed by atoms with E-state index in [9.17, 15) is 12.8 Å². The molecule has 2 heterocycles. The van der Waals surface area contributed by atoms with Gasteiger partial charge in [0.05, 0.1) is 10.6 Å². The summed E-state index contributed by atoms with van der Waals surface area (Å²) in [5, 5.41) is 6.77. The number of hydrogen-bond acceptors (Lipinski definition) is 5. The molecule has 0 aliphatic rings. The molecule has 2 aromatic heterocycles. The van der Waals surface area contributed by atoms with Crippen LogP contribution in [0.3, 0.4) is 0 Å². The van der Waals surface area contributed by atoms with Gasteiger partial charge in [-0.1, -0.05) is 23.7 Å². The second-order valence-electron chi connectivity index (χ2n) is 5.97. The molecule has 0 radical (unpaired) electrons. The van der Waals surface area contributed by atoms with E-state index in [2.05, 4.69) is 14.8 Å². The summed E-state index contributed by atoms with van der Waals surface area (Å²) in [5.41, 5.74) is 1.40. The van der Waals surface area contributed by atoms with Crippen molar-refractivity contribution in [2.24, 2.45) is 0 Å². The zero-order valence-corrected chi connectivity index (χ0v) is 16.7. The third-order valence-corrected chi connectivity index (χ3v) is 6.62.